The van der Waals surface area contributed by atoms with Crippen molar-refractivity contribution >= 4 is 35.5 Å². The molecule has 3 rings (SSSR count). The van der Waals surface area contributed by atoms with E-state index >= 15 is 0 Å². The zero-order valence-corrected chi connectivity index (χ0v) is 14.4. The van der Waals surface area contributed by atoms with Gasteiger partial charge in [-0.3, -0.25) is 4.79 Å². The van der Waals surface area contributed by atoms with E-state index in [0.29, 0.717) is 15.9 Å². The third kappa shape index (κ3) is 4.71. The van der Waals surface area contributed by atoms with Crippen molar-refractivity contribution in [3.63, 3.8) is 0 Å². The van der Waals surface area contributed by atoms with Crippen molar-refractivity contribution in [1.29, 1.82) is 0 Å². The van der Waals surface area contributed by atoms with Crippen LogP contribution in [0.25, 0.3) is 0 Å². The molecule has 7 heteroatoms. The van der Waals surface area contributed by atoms with Gasteiger partial charge in [0.15, 0.2) is 5.09 Å². The number of carbonyl (C=O) groups is 1. The Morgan fingerprint density at radius 2 is 1.88 bits per heavy atom. The monoisotopic (exact) mass is 374 g/mol. The standard InChI is InChI=1S/C18H12ClFN2O2S/c19-12-5-8-14(9-6-12)25-17-10-7-13(24-17)11-21-22-18(23)15-3-1-2-4-16(15)20/h1-11H,(H,22,23)/b21-11-. The van der Waals surface area contributed by atoms with Crippen LogP contribution in [0.1, 0.15) is 16.1 Å². The average Bonchev–Trinajstić information content (AvgIpc) is 3.04. The topological polar surface area (TPSA) is 54.6 Å². The average molecular weight is 375 g/mol. The number of rotatable bonds is 5. The van der Waals surface area contributed by atoms with E-state index in [9.17, 15) is 9.18 Å². The minimum absolute atomic E-state index is 0.0712. The van der Waals surface area contributed by atoms with Crippen LogP contribution in [-0.4, -0.2) is 12.1 Å². The van der Waals surface area contributed by atoms with Crippen molar-refractivity contribution in [2.45, 2.75) is 9.99 Å². The lowest BCUT2D eigenvalue weighted by Crippen LogP contribution is -2.18. The summed E-state index contributed by atoms with van der Waals surface area (Å²) in [6.45, 7) is 0. The number of carbonyl (C=O) groups excluding carboxylic acids is 1. The number of hydrogen-bond donors (Lipinski definition) is 1. The zero-order chi connectivity index (χ0) is 17.6. The van der Waals surface area contributed by atoms with Gasteiger partial charge < -0.3 is 4.42 Å². The molecule has 1 aromatic heterocycles. The molecule has 0 saturated heterocycles. The molecule has 2 aromatic carbocycles. The molecule has 25 heavy (non-hydrogen) atoms. The molecule has 1 N–H and O–H groups in total. The number of benzene rings is 2. The summed E-state index contributed by atoms with van der Waals surface area (Å²) < 4.78 is 19.1. The first-order valence-electron chi connectivity index (χ1n) is 7.23. The molecule has 126 valence electrons. The minimum Gasteiger partial charge on any atom is -0.448 e. The van der Waals surface area contributed by atoms with Crippen LogP contribution >= 0.6 is 23.4 Å². The molecule has 1 amide bonds. The molecule has 4 nitrogen and oxygen atoms in total. The van der Waals surface area contributed by atoms with Gasteiger partial charge >= 0.3 is 0 Å². The Hall–Kier alpha value is -2.57. The Balaban J connectivity index is 1.59. The molecule has 0 unspecified atom stereocenters. The van der Waals surface area contributed by atoms with Gasteiger partial charge in [0.05, 0.1) is 11.8 Å². The molecule has 0 radical (unpaired) electrons. The van der Waals surface area contributed by atoms with Crippen LogP contribution in [-0.2, 0) is 0 Å². The number of halogens is 2. The van der Waals surface area contributed by atoms with Gasteiger partial charge in [-0.25, -0.2) is 9.82 Å². The highest BCUT2D eigenvalue weighted by molar-refractivity contribution is 7.99. The second-order valence-corrected chi connectivity index (χ2v) is 6.41. The van der Waals surface area contributed by atoms with Crippen molar-refractivity contribution in [3.8, 4) is 0 Å². The van der Waals surface area contributed by atoms with E-state index in [1.807, 2.05) is 12.1 Å². The lowest BCUT2D eigenvalue weighted by atomic mass is 10.2. The zero-order valence-electron chi connectivity index (χ0n) is 12.8. The first-order chi connectivity index (χ1) is 12.1. The first kappa shape index (κ1) is 17.3. The molecular weight excluding hydrogens is 363 g/mol. The Morgan fingerprint density at radius 3 is 2.64 bits per heavy atom. The highest BCUT2D eigenvalue weighted by Gasteiger charge is 2.09. The fourth-order valence-corrected chi connectivity index (χ4v) is 2.84. The summed E-state index contributed by atoms with van der Waals surface area (Å²) in [5, 5.41) is 5.12. The summed E-state index contributed by atoms with van der Waals surface area (Å²) in [7, 11) is 0. The predicted molar refractivity (Wildman–Crippen MR) is 95.7 cm³/mol. The Bertz CT molecular complexity index is 909. The largest absolute Gasteiger partial charge is 0.448 e. The summed E-state index contributed by atoms with van der Waals surface area (Å²) in [6.07, 6.45) is 1.35. The Morgan fingerprint density at radius 1 is 1.12 bits per heavy atom. The van der Waals surface area contributed by atoms with Gasteiger partial charge in [0.25, 0.3) is 5.91 Å². The third-order valence-corrected chi connectivity index (χ3v) is 4.29. The SMILES string of the molecule is O=C(N/N=C\c1ccc(Sc2ccc(Cl)cc2)o1)c1ccccc1F. The van der Waals surface area contributed by atoms with Crippen molar-refractivity contribution in [2.75, 3.05) is 0 Å². The molecule has 0 aliphatic carbocycles. The predicted octanol–water partition coefficient (Wildman–Crippen LogP) is 4.99. The van der Waals surface area contributed by atoms with Crippen LogP contribution < -0.4 is 5.43 Å². The van der Waals surface area contributed by atoms with Crippen LogP contribution in [0, 0.1) is 5.82 Å². The third-order valence-electron chi connectivity index (χ3n) is 3.11. The molecule has 1 heterocycles. The second kappa shape index (κ2) is 8.00. The molecular formula is C18H12ClFN2O2S. The Kier molecular flexibility index (Phi) is 5.53. The molecule has 3 aromatic rings. The summed E-state index contributed by atoms with van der Waals surface area (Å²) in [5.74, 6) is -0.767. The number of nitrogens with zero attached hydrogens (tertiary/aromatic N) is 1. The van der Waals surface area contributed by atoms with Gasteiger partial charge in [-0.05, 0) is 48.5 Å². The fraction of sp³-hybridized carbons (Fsp3) is 0. The first-order valence-corrected chi connectivity index (χ1v) is 8.42. The van der Waals surface area contributed by atoms with Crippen LogP contribution in [0.4, 0.5) is 4.39 Å². The molecule has 0 aliphatic rings. The minimum atomic E-state index is -0.628. The van der Waals surface area contributed by atoms with E-state index in [1.54, 1.807) is 30.3 Å². The maximum Gasteiger partial charge on any atom is 0.274 e. The number of nitrogens with one attached hydrogen (secondary N) is 1. The number of amides is 1. The summed E-state index contributed by atoms with van der Waals surface area (Å²) in [6, 6.07) is 16.6. The van der Waals surface area contributed by atoms with Crippen LogP contribution in [0.2, 0.25) is 5.02 Å². The second-order valence-electron chi connectivity index (χ2n) is 4.89. The van der Waals surface area contributed by atoms with Crippen LogP contribution in [0.5, 0.6) is 0 Å². The van der Waals surface area contributed by atoms with Gasteiger partial charge in [-0.2, -0.15) is 5.10 Å². The maximum atomic E-state index is 13.5. The molecule has 0 spiro atoms. The van der Waals surface area contributed by atoms with Crippen molar-refractivity contribution < 1.29 is 13.6 Å². The molecule has 0 fully saturated rings. The Labute approximate surface area is 152 Å². The van der Waals surface area contributed by atoms with E-state index in [0.717, 1.165) is 4.90 Å². The van der Waals surface area contributed by atoms with E-state index in [-0.39, 0.29) is 5.56 Å². The maximum absolute atomic E-state index is 13.5. The number of hydrazone groups is 1. The smallest absolute Gasteiger partial charge is 0.274 e. The lowest BCUT2D eigenvalue weighted by Gasteiger charge is -2.00. The van der Waals surface area contributed by atoms with Gasteiger partial charge in [-0.15, -0.1) is 0 Å². The normalized spacial score (nSPS) is 11.0. The number of hydrogen-bond acceptors (Lipinski definition) is 4. The van der Waals surface area contributed by atoms with Crippen molar-refractivity contribution in [1.82, 2.24) is 5.43 Å². The van der Waals surface area contributed by atoms with E-state index in [4.69, 9.17) is 16.0 Å². The lowest BCUT2D eigenvalue weighted by molar-refractivity contribution is 0.0951. The highest BCUT2D eigenvalue weighted by atomic mass is 35.5. The molecule has 0 atom stereocenters. The van der Waals surface area contributed by atoms with Crippen molar-refractivity contribution in [2.24, 2.45) is 5.10 Å². The van der Waals surface area contributed by atoms with Gasteiger partial charge in [0.1, 0.15) is 11.6 Å². The van der Waals surface area contributed by atoms with Crippen molar-refractivity contribution in [3.05, 3.63) is 82.8 Å². The molecule has 0 saturated carbocycles. The van der Waals surface area contributed by atoms with E-state index in [2.05, 4.69) is 10.5 Å². The van der Waals surface area contributed by atoms with E-state index < -0.39 is 11.7 Å². The van der Waals surface area contributed by atoms with Gasteiger partial charge in [0.2, 0.25) is 0 Å². The van der Waals surface area contributed by atoms with Gasteiger partial charge in [0, 0.05) is 9.92 Å². The quantitative estimate of drug-likeness (QED) is 0.505. The highest BCUT2D eigenvalue weighted by Crippen LogP contribution is 2.29. The summed E-state index contributed by atoms with van der Waals surface area (Å²) in [5.41, 5.74) is 2.19. The summed E-state index contributed by atoms with van der Waals surface area (Å²) >= 11 is 7.28. The van der Waals surface area contributed by atoms with Crippen LogP contribution in [0.3, 0.4) is 0 Å². The number of furan rings is 1. The molecule has 0 bridgehead atoms. The fourth-order valence-electron chi connectivity index (χ4n) is 1.94. The summed E-state index contributed by atoms with van der Waals surface area (Å²) in [4.78, 5) is 12.8. The molecule has 0 aliphatic heterocycles. The van der Waals surface area contributed by atoms with Crippen LogP contribution in [0.15, 0.2) is 80.2 Å². The van der Waals surface area contributed by atoms with Gasteiger partial charge in [-0.1, -0.05) is 35.5 Å². The van der Waals surface area contributed by atoms with E-state index in [1.165, 1.54) is 36.2 Å².